The van der Waals surface area contributed by atoms with Crippen LogP contribution in [0.25, 0.3) is 5.65 Å². The summed E-state index contributed by atoms with van der Waals surface area (Å²) in [5.41, 5.74) is 2.37. The molecule has 0 saturated carbocycles. The molecule has 1 aliphatic heterocycles. The largest absolute Gasteiger partial charge is 0.329 e. The molecular formula is C17H17N5O2. The van der Waals surface area contributed by atoms with E-state index in [1.807, 2.05) is 11.0 Å². The van der Waals surface area contributed by atoms with Gasteiger partial charge in [0.25, 0.3) is 11.5 Å². The molecule has 4 rings (SSSR count). The van der Waals surface area contributed by atoms with Gasteiger partial charge in [-0.1, -0.05) is 6.07 Å². The number of nitrogens with zero attached hydrogens (tertiary/aromatic N) is 4. The second-order valence-electron chi connectivity index (χ2n) is 6.01. The number of hydrogen-bond donors (Lipinski definition) is 1. The van der Waals surface area contributed by atoms with Crippen molar-refractivity contribution in [3.05, 3.63) is 64.0 Å². The van der Waals surface area contributed by atoms with Crippen molar-refractivity contribution in [1.82, 2.24) is 24.5 Å². The Balaban J connectivity index is 1.72. The highest BCUT2D eigenvalue weighted by Crippen LogP contribution is 2.32. The van der Waals surface area contributed by atoms with Crippen LogP contribution in [-0.4, -0.2) is 36.9 Å². The molecule has 0 spiro atoms. The minimum atomic E-state index is -0.149. The van der Waals surface area contributed by atoms with E-state index in [2.05, 4.69) is 15.1 Å². The Morgan fingerprint density at radius 2 is 2.21 bits per heavy atom. The summed E-state index contributed by atoms with van der Waals surface area (Å²) in [4.78, 5) is 35.1. The van der Waals surface area contributed by atoms with Crippen LogP contribution >= 0.6 is 0 Å². The van der Waals surface area contributed by atoms with Crippen LogP contribution in [0.2, 0.25) is 0 Å². The van der Waals surface area contributed by atoms with E-state index in [-0.39, 0.29) is 17.5 Å². The second kappa shape index (κ2) is 5.59. The number of fused-ring (bicyclic) bond motifs is 1. The van der Waals surface area contributed by atoms with Crippen LogP contribution in [0.1, 0.15) is 40.8 Å². The van der Waals surface area contributed by atoms with Gasteiger partial charge in [0.05, 0.1) is 11.7 Å². The third kappa shape index (κ3) is 2.38. The molecule has 1 amide bonds. The first-order valence-electron chi connectivity index (χ1n) is 7.95. The Morgan fingerprint density at radius 3 is 3.00 bits per heavy atom. The van der Waals surface area contributed by atoms with Gasteiger partial charge in [-0.05, 0) is 31.9 Å². The average molecular weight is 323 g/mol. The van der Waals surface area contributed by atoms with Gasteiger partial charge < -0.3 is 4.90 Å². The molecule has 0 aromatic carbocycles. The standard InChI is InChI=1S/C17H17N5O2/c1-11-9-16(23)22-15(19-11)10-13(20-22)14-6-4-8-21(14)17(24)12-5-2-3-7-18-12/h2-3,5,7,9-10,14,20H,4,6,8H2,1H3. The van der Waals surface area contributed by atoms with Gasteiger partial charge in [-0.3, -0.25) is 19.7 Å². The third-order valence-corrected chi connectivity index (χ3v) is 4.35. The van der Waals surface area contributed by atoms with E-state index in [0.29, 0.717) is 23.6 Å². The summed E-state index contributed by atoms with van der Waals surface area (Å²) in [6, 6.07) is 8.55. The summed E-state index contributed by atoms with van der Waals surface area (Å²) in [6.45, 7) is 2.47. The summed E-state index contributed by atoms with van der Waals surface area (Å²) < 4.78 is 1.42. The molecule has 7 nitrogen and oxygen atoms in total. The Morgan fingerprint density at radius 1 is 1.33 bits per heavy atom. The monoisotopic (exact) mass is 323 g/mol. The summed E-state index contributed by atoms with van der Waals surface area (Å²) >= 11 is 0. The molecule has 1 fully saturated rings. The summed E-state index contributed by atoms with van der Waals surface area (Å²) in [7, 11) is 0. The average Bonchev–Trinajstić information content (AvgIpc) is 3.21. The van der Waals surface area contributed by atoms with Gasteiger partial charge in [-0.25, -0.2) is 9.50 Å². The van der Waals surface area contributed by atoms with Crippen molar-refractivity contribution >= 4 is 11.6 Å². The number of aromatic nitrogens is 4. The molecule has 0 aliphatic carbocycles. The summed E-state index contributed by atoms with van der Waals surface area (Å²) in [5, 5.41) is 3.10. The SMILES string of the molecule is Cc1cc(=O)n2[nH]c(C3CCCN3C(=O)c3ccccn3)cc2n1. The predicted octanol–water partition coefficient (Wildman–Crippen LogP) is 1.70. The summed E-state index contributed by atoms with van der Waals surface area (Å²) in [6.07, 6.45) is 3.38. The molecule has 1 N–H and O–H groups in total. The molecule has 24 heavy (non-hydrogen) atoms. The van der Waals surface area contributed by atoms with Crippen LogP contribution in [0.5, 0.6) is 0 Å². The van der Waals surface area contributed by atoms with Crippen LogP contribution in [0.15, 0.2) is 41.3 Å². The Labute approximate surface area is 138 Å². The minimum Gasteiger partial charge on any atom is -0.329 e. The maximum Gasteiger partial charge on any atom is 0.273 e. The molecular weight excluding hydrogens is 306 g/mol. The Hall–Kier alpha value is -2.96. The first-order chi connectivity index (χ1) is 11.6. The molecule has 3 aromatic heterocycles. The highest BCUT2D eigenvalue weighted by molar-refractivity contribution is 5.92. The van der Waals surface area contributed by atoms with E-state index in [4.69, 9.17) is 0 Å². The Bertz CT molecular complexity index is 960. The van der Waals surface area contributed by atoms with Crippen molar-refractivity contribution in [1.29, 1.82) is 0 Å². The lowest BCUT2D eigenvalue weighted by molar-refractivity contribution is 0.0726. The topological polar surface area (TPSA) is 83.4 Å². The van der Waals surface area contributed by atoms with Gasteiger partial charge in [0.2, 0.25) is 0 Å². The zero-order chi connectivity index (χ0) is 16.7. The molecule has 122 valence electrons. The van der Waals surface area contributed by atoms with Gasteiger partial charge >= 0.3 is 0 Å². The number of pyridine rings is 1. The number of hydrogen-bond acceptors (Lipinski definition) is 4. The van der Waals surface area contributed by atoms with Crippen molar-refractivity contribution in [3.8, 4) is 0 Å². The van der Waals surface area contributed by atoms with Crippen molar-refractivity contribution in [2.45, 2.75) is 25.8 Å². The number of H-pyrrole nitrogens is 1. The maximum atomic E-state index is 12.7. The number of aromatic amines is 1. The summed E-state index contributed by atoms with van der Waals surface area (Å²) in [5.74, 6) is -0.0896. The zero-order valence-electron chi connectivity index (χ0n) is 13.3. The van der Waals surface area contributed by atoms with Crippen LogP contribution in [0, 0.1) is 6.92 Å². The lowest BCUT2D eigenvalue weighted by Crippen LogP contribution is -2.31. The van der Waals surface area contributed by atoms with Crippen LogP contribution < -0.4 is 5.56 Å². The Kier molecular flexibility index (Phi) is 3.41. The normalized spacial score (nSPS) is 17.5. The van der Waals surface area contributed by atoms with E-state index >= 15 is 0 Å². The second-order valence-corrected chi connectivity index (χ2v) is 6.01. The number of nitrogens with one attached hydrogen (secondary N) is 1. The molecule has 1 unspecified atom stereocenters. The van der Waals surface area contributed by atoms with E-state index in [0.717, 1.165) is 18.5 Å². The van der Waals surface area contributed by atoms with Gasteiger partial charge in [0.1, 0.15) is 5.69 Å². The minimum absolute atomic E-state index is 0.0896. The number of amides is 1. The van der Waals surface area contributed by atoms with Crippen LogP contribution in [0.3, 0.4) is 0 Å². The molecule has 3 aromatic rings. The first kappa shape index (κ1) is 14.6. The smallest absolute Gasteiger partial charge is 0.273 e. The molecule has 0 radical (unpaired) electrons. The van der Waals surface area contributed by atoms with Gasteiger partial charge in [0.15, 0.2) is 5.65 Å². The molecule has 7 heteroatoms. The van der Waals surface area contributed by atoms with Crippen molar-refractivity contribution in [2.75, 3.05) is 6.54 Å². The number of aryl methyl sites for hydroxylation is 1. The van der Waals surface area contributed by atoms with Crippen molar-refractivity contribution in [3.63, 3.8) is 0 Å². The van der Waals surface area contributed by atoms with E-state index in [1.54, 1.807) is 31.3 Å². The zero-order valence-corrected chi connectivity index (χ0v) is 13.3. The molecule has 1 saturated heterocycles. The highest BCUT2D eigenvalue weighted by atomic mass is 16.2. The fourth-order valence-corrected chi connectivity index (χ4v) is 3.27. The quantitative estimate of drug-likeness (QED) is 0.778. The number of rotatable bonds is 2. The van der Waals surface area contributed by atoms with Gasteiger partial charge in [-0.2, -0.15) is 0 Å². The van der Waals surface area contributed by atoms with Crippen molar-refractivity contribution < 1.29 is 4.79 Å². The maximum absolute atomic E-state index is 12.7. The number of carbonyl (C=O) groups excluding carboxylic acids is 1. The van der Waals surface area contributed by atoms with E-state index in [9.17, 15) is 9.59 Å². The fraction of sp³-hybridized carbons (Fsp3) is 0.294. The number of carbonyl (C=O) groups is 1. The fourth-order valence-electron chi connectivity index (χ4n) is 3.27. The lowest BCUT2D eigenvalue weighted by Gasteiger charge is -2.23. The van der Waals surface area contributed by atoms with Crippen molar-refractivity contribution in [2.24, 2.45) is 0 Å². The molecule has 0 bridgehead atoms. The highest BCUT2D eigenvalue weighted by Gasteiger charge is 2.32. The van der Waals surface area contributed by atoms with E-state index < -0.39 is 0 Å². The first-order valence-corrected chi connectivity index (χ1v) is 7.95. The molecule has 4 heterocycles. The molecule has 1 aliphatic rings. The van der Waals surface area contributed by atoms with Gasteiger partial charge in [-0.15, -0.1) is 0 Å². The molecule has 1 atom stereocenters. The van der Waals surface area contributed by atoms with Crippen LogP contribution in [-0.2, 0) is 0 Å². The van der Waals surface area contributed by atoms with E-state index in [1.165, 1.54) is 10.6 Å². The lowest BCUT2D eigenvalue weighted by atomic mass is 10.1. The number of likely N-dealkylation sites (tertiary alicyclic amines) is 1. The predicted molar refractivity (Wildman–Crippen MR) is 87.8 cm³/mol. The van der Waals surface area contributed by atoms with Crippen LogP contribution in [0.4, 0.5) is 0 Å². The third-order valence-electron chi connectivity index (χ3n) is 4.35. The van der Waals surface area contributed by atoms with Gasteiger partial charge in [0, 0.05) is 30.6 Å².